The van der Waals surface area contributed by atoms with E-state index < -0.39 is 0 Å². The number of nitrogens with zero attached hydrogens (tertiary/aromatic N) is 2. The fourth-order valence-electron chi connectivity index (χ4n) is 3.83. The van der Waals surface area contributed by atoms with E-state index in [1.807, 2.05) is 18.2 Å². The van der Waals surface area contributed by atoms with E-state index in [1.165, 1.54) is 11.3 Å². The third kappa shape index (κ3) is 2.29. The predicted molar refractivity (Wildman–Crippen MR) is 103 cm³/mol. The van der Waals surface area contributed by atoms with Crippen molar-refractivity contribution in [1.82, 2.24) is 10.3 Å². The van der Waals surface area contributed by atoms with Gasteiger partial charge < -0.3 is 16.0 Å². The SMILES string of the molecule is CCc1ccc2nc3ccccc3c(N)c2c1N1CCNCC1C. The van der Waals surface area contributed by atoms with E-state index in [-0.39, 0.29) is 0 Å². The van der Waals surface area contributed by atoms with Gasteiger partial charge in [0.25, 0.3) is 0 Å². The van der Waals surface area contributed by atoms with Crippen molar-refractivity contribution in [3.05, 3.63) is 42.0 Å². The Morgan fingerprint density at radius 2 is 2.04 bits per heavy atom. The van der Waals surface area contributed by atoms with Crippen LogP contribution in [0.3, 0.4) is 0 Å². The van der Waals surface area contributed by atoms with Crippen molar-refractivity contribution >= 4 is 33.2 Å². The van der Waals surface area contributed by atoms with E-state index in [1.54, 1.807) is 0 Å². The minimum Gasteiger partial charge on any atom is -0.398 e. The number of fused-ring (bicyclic) bond motifs is 2. The van der Waals surface area contributed by atoms with Gasteiger partial charge in [0.2, 0.25) is 0 Å². The van der Waals surface area contributed by atoms with Gasteiger partial charge in [0, 0.05) is 36.4 Å². The van der Waals surface area contributed by atoms with Crippen LogP contribution in [0.15, 0.2) is 36.4 Å². The summed E-state index contributed by atoms with van der Waals surface area (Å²) >= 11 is 0. The number of nitrogen functional groups attached to an aromatic ring is 1. The number of nitrogens with one attached hydrogen (secondary N) is 1. The number of rotatable bonds is 2. The molecule has 1 aliphatic rings. The smallest absolute Gasteiger partial charge is 0.0751 e. The van der Waals surface area contributed by atoms with Crippen molar-refractivity contribution in [2.75, 3.05) is 30.3 Å². The molecule has 4 rings (SSSR count). The number of anilines is 2. The van der Waals surface area contributed by atoms with Gasteiger partial charge in [-0.05, 0) is 31.0 Å². The van der Waals surface area contributed by atoms with Gasteiger partial charge in [0.05, 0.1) is 22.4 Å². The molecular weight excluding hydrogens is 296 g/mol. The van der Waals surface area contributed by atoms with Crippen molar-refractivity contribution in [3.63, 3.8) is 0 Å². The van der Waals surface area contributed by atoms with E-state index >= 15 is 0 Å². The Kier molecular flexibility index (Phi) is 3.77. The van der Waals surface area contributed by atoms with Gasteiger partial charge in [0.15, 0.2) is 0 Å². The second kappa shape index (κ2) is 5.95. The summed E-state index contributed by atoms with van der Waals surface area (Å²) in [4.78, 5) is 7.38. The minimum absolute atomic E-state index is 0.445. The molecule has 4 nitrogen and oxygen atoms in total. The van der Waals surface area contributed by atoms with Gasteiger partial charge in [-0.1, -0.05) is 31.2 Å². The molecule has 1 saturated heterocycles. The van der Waals surface area contributed by atoms with Gasteiger partial charge >= 0.3 is 0 Å². The Morgan fingerprint density at radius 3 is 2.83 bits per heavy atom. The first-order chi connectivity index (χ1) is 11.7. The number of pyridine rings is 1. The largest absolute Gasteiger partial charge is 0.398 e. The molecule has 0 amide bonds. The molecule has 1 fully saturated rings. The second-order valence-corrected chi connectivity index (χ2v) is 6.61. The summed E-state index contributed by atoms with van der Waals surface area (Å²) in [6.07, 6.45) is 0.994. The molecule has 1 aromatic heterocycles. The summed E-state index contributed by atoms with van der Waals surface area (Å²) in [5, 5.41) is 5.63. The van der Waals surface area contributed by atoms with Crippen LogP contribution in [-0.4, -0.2) is 30.7 Å². The highest BCUT2D eigenvalue weighted by Crippen LogP contribution is 2.38. The van der Waals surface area contributed by atoms with Crippen LogP contribution in [0, 0.1) is 0 Å². The zero-order valence-corrected chi connectivity index (χ0v) is 14.3. The third-order valence-electron chi connectivity index (χ3n) is 5.11. The molecule has 1 aliphatic heterocycles. The first-order valence-electron chi connectivity index (χ1n) is 8.78. The maximum Gasteiger partial charge on any atom is 0.0751 e. The van der Waals surface area contributed by atoms with E-state index in [0.717, 1.165) is 53.5 Å². The van der Waals surface area contributed by atoms with Crippen molar-refractivity contribution in [1.29, 1.82) is 0 Å². The number of aryl methyl sites for hydroxylation is 1. The highest BCUT2D eigenvalue weighted by atomic mass is 15.2. The van der Waals surface area contributed by atoms with E-state index in [0.29, 0.717) is 6.04 Å². The fraction of sp³-hybridized carbons (Fsp3) is 0.350. The van der Waals surface area contributed by atoms with Crippen LogP contribution in [0.2, 0.25) is 0 Å². The van der Waals surface area contributed by atoms with Crippen LogP contribution in [0.1, 0.15) is 19.4 Å². The average Bonchev–Trinajstić information content (AvgIpc) is 2.61. The van der Waals surface area contributed by atoms with Crippen molar-refractivity contribution in [3.8, 4) is 0 Å². The molecule has 0 bridgehead atoms. The molecule has 0 radical (unpaired) electrons. The first-order valence-corrected chi connectivity index (χ1v) is 8.78. The number of piperazine rings is 1. The van der Waals surface area contributed by atoms with Gasteiger partial charge in [-0.2, -0.15) is 0 Å². The van der Waals surface area contributed by atoms with Gasteiger partial charge in [-0.25, -0.2) is 4.98 Å². The first kappa shape index (κ1) is 15.2. The van der Waals surface area contributed by atoms with Gasteiger partial charge in [-0.3, -0.25) is 0 Å². The number of aromatic nitrogens is 1. The van der Waals surface area contributed by atoms with Crippen LogP contribution < -0.4 is 16.0 Å². The van der Waals surface area contributed by atoms with E-state index in [9.17, 15) is 0 Å². The van der Waals surface area contributed by atoms with Crippen LogP contribution in [0.25, 0.3) is 21.8 Å². The second-order valence-electron chi connectivity index (χ2n) is 6.61. The molecule has 4 heteroatoms. The molecule has 2 heterocycles. The van der Waals surface area contributed by atoms with Gasteiger partial charge in [0.1, 0.15) is 0 Å². The van der Waals surface area contributed by atoms with Gasteiger partial charge in [-0.15, -0.1) is 0 Å². The Balaban J connectivity index is 2.07. The lowest BCUT2D eigenvalue weighted by atomic mass is 9.99. The lowest BCUT2D eigenvalue weighted by Crippen LogP contribution is -2.50. The third-order valence-corrected chi connectivity index (χ3v) is 5.11. The normalized spacial score (nSPS) is 18.4. The maximum atomic E-state index is 6.65. The molecule has 3 N–H and O–H groups in total. The Labute approximate surface area is 142 Å². The highest BCUT2D eigenvalue weighted by Gasteiger charge is 2.24. The molecule has 0 saturated carbocycles. The number of nitrogens with two attached hydrogens (primary N) is 1. The van der Waals surface area contributed by atoms with Crippen LogP contribution in [-0.2, 0) is 6.42 Å². The maximum absolute atomic E-state index is 6.65. The molecule has 2 aromatic carbocycles. The number of para-hydroxylation sites is 1. The summed E-state index contributed by atoms with van der Waals surface area (Å²) in [5.41, 5.74) is 12.1. The summed E-state index contributed by atoms with van der Waals surface area (Å²) in [7, 11) is 0. The Morgan fingerprint density at radius 1 is 1.21 bits per heavy atom. The summed E-state index contributed by atoms with van der Waals surface area (Å²) < 4.78 is 0. The van der Waals surface area contributed by atoms with E-state index in [4.69, 9.17) is 10.7 Å². The molecule has 24 heavy (non-hydrogen) atoms. The van der Waals surface area contributed by atoms with Crippen molar-refractivity contribution in [2.45, 2.75) is 26.3 Å². The summed E-state index contributed by atoms with van der Waals surface area (Å²) in [6, 6.07) is 12.9. The topological polar surface area (TPSA) is 54.2 Å². The fourth-order valence-corrected chi connectivity index (χ4v) is 3.83. The molecule has 0 aliphatic carbocycles. The zero-order valence-electron chi connectivity index (χ0n) is 14.3. The number of benzene rings is 2. The molecule has 3 aromatic rings. The Hall–Kier alpha value is -2.33. The van der Waals surface area contributed by atoms with E-state index in [2.05, 4.69) is 42.3 Å². The minimum atomic E-state index is 0.445. The molecule has 124 valence electrons. The average molecular weight is 320 g/mol. The van der Waals surface area contributed by atoms with Crippen LogP contribution in [0.5, 0.6) is 0 Å². The molecule has 0 spiro atoms. The molecular formula is C20H24N4. The lowest BCUT2D eigenvalue weighted by molar-refractivity contribution is 0.501. The molecule has 1 unspecified atom stereocenters. The quantitative estimate of drug-likeness (QED) is 0.711. The van der Waals surface area contributed by atoms with Crippen LogP contribution in [0.4, 0.5) is 11.4 Å². The summed E-state index contributed by atoms with van der Waals surface area (Å²) in [6.45, 7) is 7.49. The highest BCUT2D eigenvalue weighted by molar-refractivity contribution is 6.12. The number of hydrogen-bond donors (Lipinski definition) is 2. The summed E-state index contributed by atoms with van der Waals surface area (Å²) in [5.74, 6) is 0. The monoisotopic (exact) mass is 320 g/mol. The van der Waals surface area contributed by atoms with Crippen molar-refractivity contribution < 1.29 is 0 Å². The number of hydrogen-bond acceptors (Lipinski definition) is 4. The molecule has 1 atom stereocenters. The van der Waals surface area contributed by atoms with Crippen LogP contribution >= 0.6 is 0 Å². The predicted octanol–water partition coefficient (Wildman–Crippen LogP) is 3.33. The van der Waals surface area contributed by atoms with Crippen molar-refractivity contribution in [2.24, 2.45) is 0 Å². The lowest BCUT2D eigenvalue weighted by Gasteiger charge is -2.38. The Bertz CT molecular complexity index is 903. The zero-order chi connectivity index (χ0) is 16.7. The standard InChI is InChI=1S/C20H24N4/c1-3-14-8-9-17-18(20(14)24-11-10-22-12-13(24)2)19(21)15-6-4-5-7-16(15)23-17/h4-9,13,22H,3,10-12H2,1-2H3,(H2,21,23).